The van der Waals surface area contributed by atoms with E-state index in [1.54, 1.807) is 11.2 Å². The van der Waals surface area contributed by atoms with Gasteiger partial charge in [0.15, 0.2) is 0 Å². The Kier molecular flexibility index (Phi) is 4.22. The highest BCUT2D eigenvalue weighted by Crippen LogP contribution is 2.32. The van der Waals surface area contributed by atoms with Crippen LogP contribution in [0.5, 0.6) is 0 Å². The fourth-order valence-corrected chi connectivity index (χ4v) is 5.57. The second-order valence-electron chi connectivity index (χ2n) is 6.02. The minimum atomic E-state index is -3.55. The van der Waals surface area contributed by atoms with Crippen LogP contribution in [0.3, 0.4) is 0 Å². The second kappa shape index (κ2) is 5.83. The zero-order valence-corrected chi connectivity index (χ0v) is 13.1. The van der Waals surface area contributed by atoms with Crippen LogP contribution < -0.4 is 5.32 Å². The van der Waals surface area contributed by atoms with E-state index in [4.69, 9.17) is 4.74 Å². The van der Waals surface area contributed by atoms with E-state index in [9.17, 15) is 13.2 Å². The van der Waals surface area contributed by atoms with Crippen molar-refractivity contribution in [1.82, 2.24) is 13.9 Å². The number of rotatable bonds is 4. The van der Waals surface area contributed by atoms with E-state index < -0.39 is 22.2 Å². The van der Waals surface area contributed by atoms with Gasteiger partial charge in [-0.25, -0.2) is 0 Å². The van der Waals surface area contributed by atoms with E-state index in [2.05, 4.69) is 5.32 Å². The molecule has 3 aliphatic heterocycles. The van der Waals surface area contributed by atoms with E-state index in [0.717, 1.165) is 13.1 Å². The highest BCUT2D eigenvalue weighted by atomic mass is 32.2. The molecule has 3 heterocycles. The lowest BCUT2D eigenvalue weighted by Gasteiger charge is -2.28. The lowest BCUT2D eigenvalue weighted by molar-refractivity contribution is -0.146. The molecule has 1 N–H and O–H groups in total. The van der Waals surface area contributed by atoms with Crippen LogP contribution in [0, 0.1) is 11.8 Å². The molecule has 8 heteroatoms. The van der Waals surface area contributed by atoms with Gasteiger partial charge in [-0.15, -0.1) is 0 Å². The number of nitrogens with one attached hydrogen (secondary N) is 1. The highest BCUT2D eigenvalue weighted by Gasteiger charge is 2.47. The zero-order chi connectivity index (χ0) is 15.0. The van der Waals surface area contributed by atoms with Crippen molar-refractivity contribution in [3.8, 4) is 0 Å². The smallest absolute Gasteiger partial charge is 0.324 e. The van der Waals surface area contributed by atoms with Crippen molar-refractivity contribution in [3.63, 3.8) is 0 Å². The van der Waals surface area contributed by atoms with Gasteiger partial charge in [-0.2, -0.15) is 17.0 Å². The maximum absolute atomic E-state index is 12.8. The first kappa shape index (κ1) is 15.2. The predicted molar refractivity (Wildman–Crippen MR) is 76.7 cm³/mol. The van der Waals surface area contributed by atoms with Gasteiger partial charge in [0.1, 0.15) is 6.04 Å². The fraction of sp³-hybridized carbons (Fsp3) is 0.923. The molecule has 0 saturated carbocycles. The molecule has 3 saturated heterocycles. The fourth-order valence-electron chi connectivity index (χ4n) is 3.64. The molecular formula is C13H23N3O4S. The van der Waals surface area contributed by atoms with Gasteiger partial charge in [0.05, 0.1) is 6.61 Å². The number of nitrogens with zero attached hydrogens (tertiary/aromatic N) is 2. The van der Waals surface area contributed by atoms with Crippen LogP contribution in [0.25, 0.3) is 0 Å². The number of hydrogen-bond acceptors (Lipinski definition) is 5. The summed E-state index contributed by atoms with van der Waals surface area (Å²) >= 11 is 0. The average molecular weight is 317 g/mol. The molecule has 0 radical (unpaired) electrons. The summed E-state index contributed by atoms with van der Waals surface area (Å²) in [6.45, 7) is 5.33. The number of esters is 1. The Balaban J connectivity index is 1.73. The molecule has 7 nitrogen and oxygen atoms in total. The molecule has 3 aliphatic rings. The Morgan fingerprint density at radius 3 is 2.57 bits per heavy atom. The molecule has 3 rings (SSSR count). The minimum absolute atomic E-state index is 0.281. The summed E-state index contributed by atoms with van der Waals surface area (Å²) in [5.74, 6) is 0.395. The topological polar surface area (TPSA) is 79.0 Å². The van der Waals surface area contributed by atoms with Gasteiger partial charge in [-0.1, -0.05) is 0 Å². The van der Waals surface area contributed by atoms with Gasteiger partial charge in [-0.3, -0.25) is 4.79 Å². The maximum atomic E-state index is 12.8. The van der Waals surface area contributed by atoms with Gasteiger partial charge >= 0.3 is 5.97 Å². The van der Waals surface area contributed by atoms with Crippen molar-refractivity contribution in [2.75, 3.05) is 39.3 Å². The molecule has 3 fully saturated rings. The largest absolute Gasteiger partial charge is 0.465 e. The van der Waals surface area contributed by atoms with E-state index in [1.807, 2.05) is 0 Å². The Bertz CT molecular complexity index is 498. The number of ether oxygens (including phenoxy) is 1. The summed E-state index contributed by atoms with van der Waals surface area (Å²) in [6.07, 6.45) is 1.27. The Morgan fingerprint density at radius 2 is 1.95 bits per heavy atom. The summed E-state index contributed by atoms with van der Waals surface area (Å²) in [4.78, 5) is 12.0. The monoisotopic (exact) mass is 317 g/mol. The summed E-state index contributed by atoms with van der Waals surface area (Å²) in [5.41, 5.74) is 0. The van der Waals surface area contributed by atoms with Crippen molar-refractivity contribution in [1.29, 1.82) is 0 Å². The van der Waals surface area contributed by atoms with E-state index in [0.29, 0.717) is 44.3 Å². The highest BCUT2D eigenvalue weighted by molar-refractivity contribution is 7.86. The standard InChI is InChI=1S/C13H23N3O4S/c1-2-20-13(17)12-4-3-5-16(12)21(18,19)15-8-10-6-14-7-11(10)9-15/h10-12,14H,2-9H2,1H3/t10-,11+,12?. The predicted octanol–water partition coefficient (Wildman–Crippen LogP) is -0.590. The third kappa shape index (κ3) is 2.69. The maximum Gasteiger partial charge on any atom is 0.324 e. The van der Waals surface area contributed by atoms with Crippen LogP contribution in [-0.4, -0.2) is 68.4 Å². The van der Waals surface area contributed by atoms with E-state index in [-0.39, 0.29) is 6.61 Å². The summed E-state index contributed by atoms with van der Waals surface area (Å²) in [5, 5.41) is 3.30. The van der Waals surface area contributed by atoms with Crippen LogP contribution in [0.2, 0.25) is 0 Å². The summed E-state index contributed by atoms with van der Waals surface area (Å²) in [7, 11) is -3.55. The Morgan fingerprint density at radius 1 is 1.29 bits per heavy atom. The number of hydrogen-bond donors (Lipinski definition) is 1. The SMILES string of the molecule is CCOC(=O)C1CCCN1S(=O)(=O)N1C[C@H]2CNC[C@H]2C1. The molecule has 0 aromatic carbocycles. The Labute approximate surface area is 125 Å². The molecule has 120 valence electrons. The third-order valence-corrected chi connectivity index (χ3v) is 6.72. The summed E-state index contributed by atoms with van der Waals surface area (Å²) in [6, 6.07) is -0.645. The van der Waals surface area contributed by atoms with Gasteiger partial charge in [0.2, 0.25) is 0 Å². The average Bonchev–Trinajstić information content (AvgIpc) is 3.14. The number of fused-ring (bicyclic) bond motifs is 1. The van der Waals surface area contributed by atoms with E-state index in [1.165, 1.54) is 4.31 Å². The quantitative estimate of drug-likeness (QED) is 0.701. The zero-order valence-electron chi connectivity index (χ0n) is 12.3. The van der Waals surface area contributed by atoms with Crippen molar-refractivity contribution in [2.24, 2.45) is 11.8 Å². The van der Waals surface area contributed by atoms with Crippen molar-refractivity contribution in [2.45, 2.75) is 25.8 Å². The molecular weight excluding hydrogens is 294 g/mol. The molecule has 0 bridgehead atoms. The number of carbonyl (C=O) groups is 1. The molecule has 0 spiro atoms. The molecule has 3 atom stereocenters. The molecule has 0 aromatic rings. The first-order chi connectivity index (χ1) is 10.0. The van der Waals surface area contributed by atoms with E-state index >= 15 is 0 Å². The van der Waals surface area contributed by atoms with Crippen LogP contribution in [0.1, 0.15) is 19.8 Å². The van der Waals surface area contributed by atoms with Gasteiger partial charge in [0, 0.05) is 19.6 Å². The van der Waals surface area contributed by atoms with Crippen LogP contribution in [0.15, 0.2) is 0 Å². The molecule has 0 amide bonds. The van der Waals surface area contributed by atoms with Crippen molar-refractivity contribution in [3.05, 3.63) is 0 Å². The van der Waals surface area contributed by atoms with Gasteiger partial charge < -0.3 is 10.1 Å². The van der Waals surface area contributed by atoms with Crippen molar-refractivity contribution >= 4 is 16.2 Å². The molecule has 1 unspecified atom stereocenters. The normalized spacial score (nSPS) is 34.2. The van der Waals surface area contributed by atoms with Crippen LogP contribution >= 0.6 is 0 Å². The molecule has 0 aliphatic carbocycles. The first-order valence-electron chi connectivity index (χ1n) is 7.68. The third-order valence-electron chi connectivity index (χ3n) is 4.74. The van der Waals surface area contributed by atoms with Crippen LogP contribution in [0.4, 0.5) is 0 Å². The lowest BCUT2D eigenvalue weighted by Crippen LogP contribution is -2.48. The number of carbonyl (C=O) groups excluding carboxylic acids is 1. The van der Waals surface area contributed by atoms with Gasteiger partial charge in [-0.05, 0) is 44.7 Å². The summed E-state index contributed by atoms with van der Waals surface area (Å²) < 4.78 is 33.5. The minimum Gasteiger partial charge on any atom is -0.465 e. The second-order valence-corrected chi connectivity index (χ2v) is 7.91. The Hall–Kier alpha value is -0.700. The lowest BCUT2D eigenvalue weighted by atomic mass is 10.0. The molecule has 0 aromatic heterocycles. The van der Waals surface area contributed by atoms with Crippen molar-refractivity contribution < 1.29 is 17.9 Å². The van der Waals surface area contributed by atoms with Gasteiger partial charge in [0.25, 0.3) is 10.2 Å². The molecule has 21 heavy (non-hydrogen) atoms. The van der Waals surface area contributed by atoms with Crippen LogP contribution in [-0.2, 0) is 19.7 Å². The first-order valence-corrected chi connectivity index (χ1v) is 9.08.